The third-order valence-electron chi connectivity index (χ3n) is 5.91. The van der Waals surface area contributed by atoms with Crippen LogP contribution in [0.25, 0.3) is 22.3 Å². The fourth-order valence-electron chi connectivity index (χ4n) is 4.36. The van der Waals surface area contributed by atoms with Crippen LogP contribution in [0.1, 0.15) is 31.8 Å². The third kappa shape index (κ3) is 3.48. The third-order valence-corrected chi connectivity index (χ3v) is 6.21. The van der Waals surface area contributed by atoms with Crippen LogP contribution in [0.15, 0.2) is 48.8 Å². The van der Waals surface area contributed by atoms with Crippen molar-refractivity contribution in [3.63, 3.8) is 0 Å². The van der Waals surface area contributed by atoms with Crippen LogP contribution >= 0.6 is 11.6 Å². The number of aromatic nitrogens is 1. The molecule has 1 aliphatic carbocycles. The smallest absolute Gasteiger partial charge is 0.254 e. The van der Waals surface area contributed by atoms with Crippen LogP contribution in [-0.4, -0.2) is 48.0 Å². The van der Waals surface area contributed by atoms with Crippen molar-refractivity contribution in [1.82, 2.24) is 9.88 Å². The first-order chi connectivity index (χ1) is 15.0. The van der Waals surface area contributed by atoms with E-state index in [0.29, 0.717) is 48.9 Å². The van der Waals surface area contributed by atoms with Crippen molar-refractivity contribution in [2.45, 2.75) is 6.42 Å². The van der Waals surface area contributed by atoms with Crippen molar-refractivity contribution < 1.29 is 14.3 Å². The molecule has 0 atom stereocenters. The van der Waals surface area contributed by atoms with E-state index in [4.69, 9.17) is 22.1 Å². The number of nitrogens with two attached hydrogens (primary N) is 1. The first-order valence-corrected chi connectivity index (χ1v) is 10.5. The molecule has 156 valence electrons. The second kappa shape index (κ2) is 7.80. The molecular weight excluding hydrogens is 414 g/mol. The zero-order chi connectivity index (χ0) is 21.5. The number of ether oxygens (including phenoxy) is 1. The summed E-state index contributed by atoms with van der Waals surface area (Å²) in [5.74, 6) is -0.484. The molecule has 5 rings (SSSR count). The fraction of sp³-hybridized carbons (Fsp3) is 0.208. The zero-order valence-corrected chi connectivity index (χ0v) is 17.5. The first kappa shape index (κ1) is 19.7. The Morgan fingerprint density at radius 2 is 1.84 bits per heavy atom. The van der Waals surface area contributed by atoms with Gasteiger partial charge in [-0.05, 0) is 64.6 Å². The minimum atomic E-state index is -0.485. The van der Waals surface area contributed by atoms with Gasteiger partial charge < -0.3 is 15.4 Å². The van der Waals surface area contributed by atoms with E-state index < -0.39 is 5.91 Å². The molecule has 2 N–H and O–H groups in total. The Morgan fingerprint density at radius 1 is 1.03 bits per heavy atom. The number of nitrogens with zero attached hydrogens (tertiary/aromatic N) is 2. The Hall–Kier alpha value is -3.22. The van der Waals surface area contributed by atoms with Crippen LogP contribution in [0.4, 0.5) is 0 Å². The van der Waals surface area contributed by atoms with Gasteiger partial charge in [-0.2, -0.15) is 0 Å². The number of carbonyl (C=O) groups excluding carboxylic acids is 2. The Morgan fingerprint density at radius 3 is 2.58 bits per heavy atom. The monoisotopic (exact) mass is 433 g/mol. The van der Waals surface area contributed by atoms with E-state index in [-0.39, 0.29) is 5.91 Å². The van der Waals surface area contributed by atoms with E-state index in [1.54, 1.807) is 18.5 Å². The SMILES string of the molecule is NC(=O)c1cc(-c2ccncc2Cl)cc2c1Cc1cc(C(=O)N3CCOCC3)ccc1-2. The number of amides is 2. The van der Waals surface area contributed by atoms with Gasteiger partial charge in [0.15, 0.2) is 0 Å². The zero-order valence-electron chi connectivity index (χ0n) is 16.7. The van der Waals surface area contributed by atoms with Gasteiger partial charge in [0.1, 0.15) is 0 Å². The van der Waals surface area contributed by atoms with Crippen molar-refractivity contribution in [1.29, 1.82) is 0 Å². The number of hydrogen-bond acceptors (Lipinski definition) is 4. The predicted octanol–water partition coefficient (Wildman–Crippen LogP) is 3.54. The summed E-state index contributed by atoms with van der Waals surface area (Å²) >= 11 is 6.34. The molecule has 0 spiro atoms. The number of morpholine rings is 1. The van der Waals surface area contributed by atoms with E-state index in [2.05, 4.69) is 4.98 Å². The highest BCUT2D eigenvalue weighted by molar-refractivity contribution is 6.33. The summed E-state index contributed by atoms with van der Waals surface area (Å²) in [6.07, 6.45) is 3.79. The molecule has 2 amide bonds. The molecule has 0 unspecified atom stereocenters. The molecule has 0 saturated carbocycles. The molecule has 7 heteroatoms. The highest BCUT2D eigenvalue weighted by atomic mass is 35.5. The number of primary amides is 1. The van der Waals surface area contributed by atoms with Crippen molar-refractivity contribution in [3.8, 4) is 22.3 Å². The molecule has 1 aromatic heterocycles. The largest absolute Gasteiger partial charge is 0.378 e. The van der Waals surface area contributed by atoms with E-state index in [0.717, 1.165) is 33.4 Å². The molecule has 2 aromatic carbocycles. The number of benzene rings is 2. The maximum atomic E-state index is 12.9. The van der Waals surface area contributed by atoms with Gasteiger partial charge in [0.2, 0.25) is 5.91 Å². The normalized spacial score (nSPS) is 14.8. The van der Waals surface area contributed by atoms with Gasteiger partial charge in [-0.3, -0.25) is 14.6 Å². The summed E-state index contributed by atoms with van der Waals surface area (Å²) < 4.78 is 5.34. The summed E-state index contributed by atoms with van der Waals surface area (Å²) in [7, 11) is 0. The Balaban J connectivity index is 1.58. The Kier molecular flexibility index (Phi) is 4.96. The molecule has 1 fully saturated rings. The second-order valence-corrected chi connectivity index (χ2v) is 8.13. The topological polar surface area (TPSA) is 85.5 Å². The number of pyridine rings is 1. The molecule has 2 aliphatic rings. The van der Waals surface area contributed by atoms with Gasteiger partial charge in [-0.25, -0.2) is 0 Å². The minimum Gasteiger partial charge on any atom is -0.378 e. The lowest BCUT2D eigenvalue weighted by molar-refractivity contribution is 0.0303. The van der Waals surface area contributed by atoms with Gasteiger partial charge in [0.25, 0.3) is 5.91 Å². The number of carbonyl (C=O) groups is 2. The molecule has 0 radical (unpaired) electrons. The number of rotatable bonds is 3. The van der Waals surface area contributed by atoms with E-state index in [9.17, 15) is 9.59 Å². The fourth-order valence-corrected chi connectivity index (χ4v) is 4.59. The summed E-state index contributed by atoms with van der Waals surface area (Å²) in [5.41, 5.74) is 12.3. The number of fused-ring (bicyclic) bond motifs is 3. The Labute approximate surface area is 184 Å². The molecule has 6 nitrogen and oxygen atoms in total. The van der Waals surface area contributed by atoms with Gasteiger partial charge in [-0.1, -0.05) is 17.7 Å². The van der Waals surface area contributed by atoms with Crippen molar-refractivity contribution >= 4 is 23.4 Å². The van der Waals surface area contributed by atoms with Crippen LogP contribution in [0.2, 0.25) is 5.02 Å². The maximum absolute atomic E-state index is 12.9. The number of halogens is 1. The predicted molar refractivity (Wildman–Crippen MR) is 118 cm³/mol. The molecule has 1 saturated heterocycles. The molecule has 3 aromatic rings. The van der Waals surface area contributed by atoms with Crippen LogP contribution in [0.5, 0.6) is 0 Å². The average Bonchev–Trinajstić information content (AvgIpc) is 3.16. The molecule has 1 aliphatic heterocycles. The van der Waals surface area contributed by atoms with E-state index >= 15 is 0 Å². The molecule has 0 bridgehead atoms. The van der Waals surface area contributed by atoms with Crippen molar-refractivity contribution in [2.24, 2.45) is 5.73 Å². The molecule has 31 heavy (non-hydrogen) atoms. The lowest BCUT2D eigenvalue weighted by Crippen LogP contribution is -2.40. The molecule has 2 heterocycles. The summed E-state index contributed by atoms with van der Waals surface area (Å²) in [6.45, 7) is 2.31. The quantitative estimate of drug-likeness (QED) is 0.535. The first-order valence-electron chi connectivity index (χ1n) is 10.1. The summed E-state index contributed by atoms with van der Waals surface area (Å²) in [5, 5.41) is 0.502. The highest BCUT2D eigenvalue weighted by Crippen LogP contribution is 2.42. The average molecular weight is 434 g/mol. The second-order valence-electron chi connectivity index (χ2n) is 7.72. The van der Waals surface area contributed by atoms with Gasteiger partial charge >= 0.3 is 0 Å². The van der Waals surface area contributed by atoms with Crippen LogP contribution in [-0.2, 0) is 11.2 Å². The lowest BCUT2D eigenvalue weighted by atomic mass is 9.94. The van der Waals surface area contributed by atoms with Crippen LogP contribution in [0, 0.1) is 0 Å². The highest BCUT2D eigenvalue weighted by Gasteiger charge is 2.27. The van der Waals surface area contributed by atoms with E-state index in [1.165, 1.54) is 0 Å². The lowest BCUT2D eigenvalue weighted by Gasteiger charge is -2.27. The molecular formula is C24H20ClN3O3. The maximum Gasteiger partial charge on any atom is 0.254 e. The Bertz CT molecular complexity index is 1220. The summed E-state index contributed by atoms with van der Waals surface area (Å²) in [6, 6.07) is 11.4. The van der Waals surface area contributed by atoms with Gasteiger partial charge in [0, 0.05) is 42.2 Å². The number of hydrogen-bond donors (Lipinski definition) is 1. The van der Waals surface area contributed by atoms with Crippen molar-refractivity contribution in [3.05, 3.63) is 76.1 Å². The van der Waals surface area contributed by atoms with Crippen LogP contribution in [0.3, 0.4) is 0 Å². The van der Waals surface area contributed by atoms with Gasteiger partial charge in [-0.15, -0.1) is 0 Å². The van der Waals surface area contributed by atoms with Gasteiger partial charge in [0.05, 0.1) is 18.2 Å². The standard InChI is InChI=1S/C24H20ClN3O3/c25-22-13-27-4-3-18(22)16-11-19-17-2-1-14(24(30)28-5-7-31-8-6-28)9-15(17)10-20(19)21(12-16)23(26)29/h1-4,9,11-13H,5-8,10H2,(H2,26,29). The summed E-state index contributed by atoms with van der Waals surface area (Å²) in [4.78, 5) is 31.0. The van der Waals surface area contributed by atoms with E-state index in [1.807, 2.05) is 35.2 Å². The minimum absolute atomic E-state index is 0.00133. The van der Waals surface area contributed by atoms with Crippen molar-refractivity contribution in [2.75, 3.05) is 26.3 Å². The van der Waals surface area contributed by atoms with Crippen LogP contribution < -0.4 is 5.73 Å².